The van der Waals surface area contributed by atoms with Gasteiger partial charge >= 0.3 is 5.97 Å². The molecule has 0 aliphatic carbocycles. The number of thiazole rings is 1. The average molecular weight is 482 g/mol. The first-order valence-electron chi connectivity index (χ1n) is 11.9. The fraction of sp³-hybridized carbons (Fsp3) is 0.423. The first-order chi connectivity index (χ1) is 16.6. The van der Waals surface area contributed by atoms with Crippen molar-refractivity contribution in [3.05, 3.63) is 59.1 Å². The lowest BCUT2D eigenvalue weighted by atomic mass is 9.93. The summed E-state index contributed by atoms with van der Waals surface area (Å²) >= 11 is 1.25. The molecule has 1 fully saturated rings. The minimum absolute atomic E-state index is 0.183. The number of carbonyl (C=O) groups excluding carboxylic acids is 1. The predicted molar refractivity (Wildman–Crippen MR) is 134 cm³/mol. The smallest absolute Gasteiger partial charge is 0.326 e. The number of nitrogens with one attached hydrogen (secondary N) is 2. The monoisotopic (exact) mass is 481 g/mol. The molecule has 1 atom stereocenters. The summed E-state index contributed by atoms with van der Waals surface area (Å²) in [5.41, 5.74) is 1.54. The molecule has 0 saturated carbocycles. The van der Waals surface area contributed by atoms with Crippen molar-refractivity contribution in [1.29, 1.82) is 0 Å². The minimum atomic E-state index is -1.08. The fourth-order valence-corrected chi connectivity index (χ4v) is 5.11. The summed E-state index contributed by atoms with van der Waals surface area (Å²) in [5.74, 6) is 0.0652. The van der Waals surface area contributed by atoms with Crippen molar-refractivity contribution >= 4 is 33.4 Å². The highest BCUT2D eigenvalue weighted by molar-refractivity contribution is 7.20. The van der Waals surface area contributed by atoms with E-state index in [9.17, 15) is 14.7 Å². The zero-order valence-corrected chi connectivity index (χ0v) is 20.0. The second kappa shape index (κ2) is 11.9. The number of aliphatic carboxylic acids is 1. The Labute approximate surface area is 203 Å². The number of para-hydroxylation sites is 1. The Morgan fingerprint density at radius 1 is 1.12 bits per heavy atom. The van der Waals surface area contributed by atoms with Gasteiger partial charge in [0.15, 0.2) is 5.01 Å². The van der Waals surface area contributed by atoms with Crippen LogP contribution in [0.2, 0.25) is 0 Å². The van der Waals surface area contributed by atoms with E-state index < -0.39 is 17.9 Å². The molecule has 2 aromatic carbocycles. The van der Waals surface area contributed by atoms with Crippen molar-refractivity contribution in [2.24, 2.45) is 5.92 Å². The largest absolute Gasteiger partial charge is 0.494 e. The molecule has 1 aromatic heterocycles. The average Bonchev–Trinajstić information content (AvgIpc) is 3.29. The molecular weight excluding hydrogens is 450 g/mol. The second-order valence-electron chi connectivity index (χ2n) is 8.74. The van der Waals surface area contributed by atoms with Crippen molar-refractivity contribution in [2.45, 2.75) is 44.6 Å². The standard InChI is InChI=1S/C26H31N3O4S/c30-24(25-29-21-6-1-2-7-23(21)34-25)28-22(26(31)32)17-19-8-10-20(11-9-19)33-16-4-3-5-18-12-14-27-15-13-18/h1-2,6-11,18,22,27H,3-5,12-17H2,(H,28,30)(H,31,32). The predicted octanol–water partition coefficient (Wildman–Crippen LogP) is 4.27. The number of unbranched alkanes of at least 4 members (excludes halogenated alkanes) is 1. The number of fused-ring (bicyclic) bond motifs is 1. The molecule has 0 bridgehead atoms. The zero-order chi connectivity index (χ0) is 23.8. The molecule has 3 N–H and O–H groups in total. The molecule has 180 valence electrons. The number of amides is 1. The van der Waals surface area contributed by atoms with Crippen LogP contribution in [-0.4, -0.2) is 47.7 Å². The first-order valence-corrected chi connectivity index (χ1v) is 12.7. The molecule has 1 aliphatic rings. The molecule has 1 unspecified atom stereocenters. The van der Waals surface area contributed by atoms with Crippen molar-refractivity contribution in [3.8, 4) is 5.75 Å². The van der Waals surface area contributed by atoms with Crippen LogP contribution in [0.4, 0.5) is 0 Å². The molecule has 2 heterocycles. The van der Waals surface area contributed by atoms with E-state index in [1.807, 2.05) is 48.5 Å². The molecule has 0 spiro atoms. The van der Waals surface area contributed by atoms with E-state index in [2.05, 4.69) is 15.6 Å². The molecule has 3 aromatic rings. The third-order valence-corrected chi connectivity index (χ3v) is 7.22. The normalized spacial score (nSPS) is 15.2. The van der Waals surface area contributed by atoms with E-state index in [1.165, 1.54) is 37.0 Å². The number of hydrogen-bond acceptors (Lipinski definition) is 6. The van der Waals surface area contributed by atoms with Gasteiger partial charge in [0.05, 0.1) is 16.8 Å². The van der Waals surface area contributed by atoms with Crippen LogP contribution in [0.1, 0.15) is 47.5 Å². The molecule has 8 heteroatoms. The van der Waals surface area contributed by atoms with Crippen molar-refractivity contribution in [1.82, 2.24) is 15.6 Å². The Kier molecular flexibility index (Phi) is 8.49. The topological polar surface area (TPSA) is 101 Å². The van der Waals surface area contributed by atoms with Gasteiger partial charge < -0.3 is 20.5 Å². The van der Waals surface area contributed by atoms with Crippen LogP contribution < -0.4 is 15.4 Å². The number of benzene rings is 2. The van der Waals surface area contributed by atoms with E-state index in [0.717, 1.165) is 47.0 Å². The van der Waals surface area contributed by atoms with Gasteiger partial charge in [-0.1, -0.05) is 30.7 Å². The molecular formula is C26H31N3O4S. The van der Waals surface area contributed by atoms with Gasteiger partial charge in [-0.05, 0) is 74.5 Å². The van der Waals surface area contributed by atoms with E-state index >= 15 is 0 Å². The Morgan fingerprint density at radius 2 is 1.88 bits per heavy atom. The number of carboxylic acids is 1. The van der Waals surface area contributed by atoms with Crippen LogP contribution in [0.25, 0.3) is 10.2 Å². The van der Waals surface area contributed by atoms with Gasteiger partial charge in [0.2, 0.25) is 0 Å². The third kappa shape index (κ3) is 6.77. The van der Waals surface area contributed by atoms with Crippen LogP contribution in [0.15, 0.2) is 48.5 Å². The van der Waals surface area contributed by atoms with Gasteiger partial charge in [-0.25, -0.2) is 9.78 Å². The molecule has 1 saturated heterocycles. The molecule has 7 nitrogen and oxygen atoms in total. The van der Waals surface area contributed by atoms with Gasteiger partial charge in [-0.15, -0.1) is 11.3 Å². The van der Waals surface area contributed by atoms with Crippen LogP contribution in [0.3, 0.4) is 0 Å². The molecule has 1 amide bonds. The van der Waals surface area contributed by atoms with E-state index in [0.29, 0.717) is 6.61 Å². The summed E-state index contributed by atoms with van der Waals surface area (Å²) in [7, 11) is 0. The Morgan fingerprint density at radius 3 is 2.62 bits per heavy atom. The summed E-state index contributed by atoms with van der Waals surface area (Å²) in [6.07, 6.45) is 6.22. The summed E-state index contributed by atoms with van der Waals surface area (Å²) in [6, 6.07) is 13.8. The zero-order valence-electron chi connectivity index (χ0n) is 19.2. The highest BCUT2D eigenvalue weighted by atomic mass is 32.1. The number of ether oxygens (including phenoxy) is 1. The summed E-state index contributed by atoms with van der Waals surface area (Å²) in [4.78, 5) is 28.7. The highest BCUT2D eigenvalue weighted by Gasteiger charge is 2.23. The minimum Gasteiger partial charge on any atom is -0.494 e. The van der Waals surface area contributed by atoms with Crippen LogP contribution in [0, 0.1) is 5.92 Å². The summed E-state index contributed by atoms with van der Waals surface area (Å²) in [6.45, 7) is 2.96. The van der Waals surface area contributed by atoms with Crippen LogP contribution in [-0.2, 0) is 11.2 Å². The maximum Gasteiger partial charge on any atom is 0.326 e. The van der Waals surface area contributed by atoms with E-state index in [1.54, 1.807) is 0 Å². The van der Waals surface area contributed by atoms with Gasteiger partial charge in [0.25, 0.3) is 5.91 Å². The van der Waals surface area contributed by atoms with Crippen molar-refractivity contribution in [2.75, 3.05) is 19.7 Å². The van der Waals surface area contributed by atoms with Crippen LogP contribution in [0.5, 0.6) is 5.75 Å². The number of nitrogens with zero attached hydrogens (tertiary/aromatic N) is 1. The third-order valence-electron chi connectivity index (χ3n) is 6.19. The second-order valence-corrected chi connectivity index (χ2v) is 9.77. The number of aromatic nitrogens is 1. The van der Waals surface area contributed by atoms with E-state index in [4.69, 9.17) is 4.74 Å². The van der Waals surface area contributed by atoms with Crippen molar-refractivity contribution in [3.63, 3.8) is 0 Å². The molecule has 0 radical (unpaired) electrons. The number of carboxylic acid groups (broad SMARTS) is 1. The fourth-order valence-electron chi connectivity index (χ4n) is 4.24. The summed E-state index contributed by atoms with van der Waals surface area (Å²) in [5, 5.41) is 15.9. The van der Waals surface area contributed by atoms with Gasteiger partial charge in [-0.3, -0.25) is 4.79 Å². The number of carbonyl (C=O) groups is 2. The Hall–Kier alpha value is -2.97. The van der Waals surface area contributed by atoms with Crippen molar-refractivity contribution < 1.29 is 19.4 Å². The molecule has 1 aliphatic heterocycles. The lowest BCUT2D eigenvalue weighted by molar-refractivity contribution is -0.139. The van der Waals surface area contributed by atoms with Gasteiger partial charge in [0.1, 0.15) is 11.8 Å². The number of rotatable bonds is 11. The SMILES string of the molecule is O=C(NC(Cc1ccc(OCCCCC2CCNCC2)cc1)C(=O)O)c1nc2ccccc2s1. The van der Waals surface area contributed by atoms with Gasteiger partial charge in [0, 0.05) is 6.42 Å². The maximum atomic E-state index is 12.6. The first kappa shape index (κ1) is 24.2. The molecule has 4 rings (SSSR count). The molecule has 34 heavy (non-hydrogen) atoms. The maximum absolute atomic E-state index is 12.6. The highest BCUT2D eigenvalue weighted by Crippen LogP contribution is 2.22. The Bertz CT molecular complexity index is 1060. The lowest BCUT2D eigenvalue weighted by Crippen LogP contribution is -2.42. The number of hydrogen-bond donors (Lipinski definition) is 3. The van der Waals surface area contributed by atoms with Gasteiger partial charge in [-0.2, -0.15) is 0 Å². The van der Waals surface area contributed by atoms with E-state index in [-0.39, 0.29) is 11.4 Å². The number of piperidine rings is 1. The lowest BCUT2D eigenvalue weighted by Gasteiger charge is -2.22. The summed E-state index contributed by atoms with van der Waals surface area (Å²) < 4.78 is 6.74. The Balaban J connectivity index is 1.24. The van der Waals surface area contributed by atoms with Crippen LogP contribution >= 0.6 is 11.3 Å². The quantitative estimate of drug-likeness (QED) is 0.354.